The number of nitro benzene ring substituents is 1. The van der Waals surface area contributed by atoms with Gasteiger partial charge in [0.2, 0.25) is 5.82 Å². The molecule has 0 spiro atoms. The topological polar surface area (TPSA) is 101 Å². The molecule has 0 fully saturated rings. The number of halogens is 3. The summed E-state index contributed by atoms with van der Waals surface area (Å²) in [4.78, 5) is 33.1. The highest BCUT2D eigenvalue weighted by Gasteiger charge is 2.20. The lowest BCUT2D eigenvalue weighted by atomic mass is 10.2. The van der Waals surface area contributed by atoms with Gasteiger partial charge < -0.3 is 5.32 Å². The highest BCUT2D eigenvalue weighted by Crippen LogP contribution is 2.24. The van der Waals surface area contributed by atoms with Gasteiger partial charge in [0.25, 0.3) is 5.91 Å². The van der Waals surface area contributed by atoms with Crippen LogP contribution in [0.2, 0.25) is 5.02 Å². The second-order valence-electron chi connectivity index (χ2n) is 4.43. The van der Waals surface area contributed by atoms with E-state index in [0.717, 1.165) is 30.3 Å². The molecule has 24 heavy (non-hydrogen) atoms. The second kappa shape index (κ2) is 7.01. The second-order valence-corrected chi connectivity index (χ2v) is 4.86. The molecule has 0 heterocycles. The van der Waals surface area contributed by atoms with Crippen LogP contribution in [0.25, 0.3) is 0 Å². The molecule has 2 aromatic carbocycles. The Morgan fingerprint density at radius 3 is 2.50 bits per heavy atom. The van der Waals surface area contributed by atoms with Crippen LogP contribution < -0.4 is 10.6 Å². The van der Waals surface area contributed by atoms with Gasteiger partial charge in [-0.3, -0.25) is 20.2 Å². The first-order valence-corrected chi connectivity index (χ1v) is 6.67. The van der Waals surface area contributed by atoms with Crippen molar-refractivity contribution < 1.29 is 23.3 Å². The predicted molar refractivity (Wildman–Crippen MR) is 80.9 cm³/mol. The summed E-state index contributed by atoms with van der Waals surface area (Å²) in [5.41, 5.74) is -1.80. The fourth-order valence-electron chi connectivity index (χ4n) is 1.75. The van der Waals surface area contributed by atoms with Gasteiger partial charge in [-0.05, 0) is 24.3 Å². The lowest BCUT2D eigenvalue weighted by molar-refractivity contribution is -0.387. The number of nitro groups is 1. The monoisotopic (exact) mass is 355 g/mol. The number of benzene rings is 2. The van der Waals surface area contributed by atoms with Gasteiger partial charge in [-0.1, -0.05) is 17.7 Å². The molecule has 0 aromatic heterocycles. The van der Waals surface area contributed by atoms with Crippen molar-refractivity contribution >= 4 is 34.9 Å². The van der Waals surface area contributed by atoms with Gasteiger partial charge >= 0.3 is 11.7 Å². The Morgan fingerprint density at radius 1 is 1.17 bits per heavy atom. The molecule has 2 N–H and O–H groups in total. The van der Waals surface area contributed by atoms with Crippen LogP contribution >= 0.6 is 11.6 Å². The quantitative estimate of drug-likeness (QED) is 0.650. The van der Waals surface area contributed by atoms with Crippen molar-refractivity contribution in [1.82, 2.24) is 5.32 Å². The first-order valence-electron chi connectivity index (χ1n) is 6.30. The third-order valence-electron chi connectivity index (χ3n) is 2.83. The first kappa shape index (κ1) is 17.3. The van der Waals surface area contributed by atoms with Gasteiger partial charge in [0.1, 0.15) is 5.82 Å². The molecule has 124 valence electrons. The number of carbonyl (C=O) groups excluding carboxylic acids is 2. The lowest BCUT2D eigenvalue weighted by Crippen LogP contribution is -2.35. The fourth-order valence-corrected chi connectivity index (χ4v) is 1.91. The molecule has 3 amide bonds. The average Bonchev–Trinajstić information content (AvgIpc) is 2.48. The maximum atomic E-state index is 13.8. The van der Waals surface area contributed by atoms with Crippen LogP contribution in [0.3, 0.4) is 0 Å². The maximum absolute atomic E-state index is 13.8. The minimum atomic E-state index is -1.28. The Bertz CT molecular complexity index is 845. The normalized spacial score (nSPS) is 10.1. The molecule has 0 saturated carbocycles. The Balaban J connectivity index is 2.12. The van der Waals surface area contributed by atoms with Crippen molar-refractivity contribution in [2.24, 2.45) is 0 Å². The van der Waals surface area contributed by atoms with Gasteiger partial charge in [0.05, 0.1) is 16.2 Å². The molecule has 0 radical (unpaired) electrons. The molecule has 0 aliphatic carbocycles. The summed E-state index contributed by atoms with van der Waals surface area (Å²) < 4.78 is 27.4. The standard InChI is InChI=1S/C14H8ClF2N3O4/c15-7-4-5-8(9(16)6-7)13(21)19-14(22)18-10-2-1-3-11(12(10)17)20(23)24/h1-6H,(H2,18,19,21,22). The van der Waals surface area contributed by atoms with E-state index in [4.69, 9.17) is 11.6 Å². The Hall–Kier alpha value is -3.07. The zero-order chi connectivity index (χ0) is 17.9. The van der Waals surface area contributed by atoms with Crippen molar-refractivity contribution in [3.8, 4) is 0 Å². The molecule has 0 aliphatic heterocycles. The minimum absolute atomic E-state index is 0.0622. The number of nitrogens with zero attached hydrogens (tertiary/aromatic N) is 1. The third kappa shape index (κ3) is 3.82. The summed E-state index contributed by atoms with van der Waals surface area (Å²) in [5.74, 6) is -3.32. The summed E-state index contributed by atoms with van der Waals surface area (Å²) in [7, 11) is 0. The molecule has 2 rings (SSSR count). The first-order chi connectivity index (χ1) is 11.3. The van der Waals surface area contributed by atoms with Crippen LogP contribution in [0.15, 0.2) is 36.4 Å². The van der Waals surface area contributed by atoms with E-state index >= 15 is 0 Å². The molecule has 0 aliphatic rings. The highest BCUT2D eigenvalue weighted by atomic mass is 35.5. The number of nitrogens with one attached hydrogen (secondary N) is 2. The van der Waals surface area contributed by atoms with Gasteiger partial charge in [0.15, 0.2) is 0 Å². The zero-order valence-corrected chi connectivity index (χ0v) is 12.4. The van der Waals surface area contributed by atoms with Gasteiger partial charge in [0, 0.05) is 11.1 Å². The van der Waals surface area contributed by atoms with Crippen molar-refractivity contribution in [2.75, 3.05) is 5.32 Å². The van der Waals surface area contributed by atoms with E-state index in [0.29, 0.717) is 0 Å². The SMILES string of the molecule is O=C(NC(=O)c1ccc(Cl)cc1F)Nc1cccc([N+](=O)[O-])c1F. The molecule has 7 nitrogen and oxygen atoms in total. The van der Waals surface area contributed by atoms with E-state index in [1.54, 1.807) is 5.32 Å². The van der Waals surface area contributed by atoms with Gasteiger partial charge in [-0.25, -0.2) is 9.18 Å². The molecule has 2 aromatic rings. The molecule has 0 bridgehead atoms. The van der Waals surface area contributed by atoms with Gasteiger partial charge in [-0.2, -0.15) is 4.39 Å². The molecular weight excluding hydrogens is 348 g/mol. The summed E-state index contributed by atoms with van der Waals surface area (Å²) in [6, 6.07) is 5.13. The molecule has 10 heteroatoms. The van der Waals surface area contributed by atoms with Crippen molar-refractivity contribution in [2.45, 2.75) is 0 Å². The van der Waals surface area contributed by atoms with Crippen LogP contribution in [-0.2, 0) is 0 Å². The molecular formula is C14H8ClF2N3O4. The Labute approximate surface area is 138 Å². The predicted octanol–water partition coefficient (Wildman–Crippen LogP) is 3.49. The number of imide groups is 1. The van der Waals surface area contributed by atoms with Crippen LogP contribution in [0, 0.1) is 21.7 Å². The maximum Gasteiger partial charge on any atom is 0.326 e. The number of carbonyl (C=O) groups is 2. The third-order valence-corrected chi connectivity index (χ3v) is 3.06. The lowest BCUT2D eigenvalue weighted by Gasteiger charge is -2.08. The molecule has 0 saturated heterocycles. The Morgan fingerprint density at radius 2 is 1.88 bits per heavy atom. The summed E-state index contributed by atoms with van der Waals surface area (Å²) >= 11 is 5.54. The summed E-state index contributed by atoms with van der Waals surface area (Å²) in [5, 5.41) is 14.4. The van der Waals surface area contributed by atoms with Crippen LogP contribution in [0.1, 0.15) is 10.4 Å². The molecule has 0 unspecified atom stereocenters. The summed E-state index contributed by atoms with van der Waals surface area (Å²) in [6.45, 7) is 0. The van der Waals surface area contributed by atoms with E-state index in [1.807, 2.05) is 5.32 Å². The van der Waals surface area contributed by atoms with Crippen molar-refractivity contribution in [1.29, 1.82) is 0 Å². The number of urea groups is 1. The summed E-state index contributed by atoms with van der Waals surface area (Å²) in [6.07, 6.45) is 0. The van der Waals surface area contributed by atoms with Crippen molar-refractivity contribution in [3.05, 3.63) is 68.7 Å². The fraction of sp³-hybridized carbons (Fsp3) is 0. The van der Waals surface area contributed by atoms with Crippen LogP contribution in [0.4, 0.5) is 25.0 Å². The van der Waals surface area contributed by atoms with E-state index in [9.17, 15) is 28.5 Å². The van der Waals surface area contributed by atoms with Crippen molar-refractivity contribution in [3.63, 3.8) is 0 Å². The van der Waals surface area contributed by atoms with Crippen LogP contribution in [-0.4, -0.2) is 16.9 Å². The van der Waals surface area contributed by atoms with E-state index in [2.05, 4.69) is 0 Å². The molecule has 0 atom stereocenters. The number of anilines is 1. The van der Waals surface area contributed by atoms with E-state index in [1.165, 1.54) is 6.07 Å². The van der Waals surface area contributed by atoms with E-state index in [-0.39, 0.29) is 5.02 Å². The Kier molecular flexibility index (Phi) is 5.05. The van der Waals surface area contributed by atoms with Crippen LogP contribution in [0.5, 0.6) is 0 Å². The number of amides is 3. The average molecular weight is 356 g/mol. The highest BCUT2D eigenvalue weighted by molar-refractivity contribution is 6.30. The zero-order valence-electron chi connectivity index (χ0n) is 11.7. The number of hydrogen-bond donors (Lipinski definition) is 2. The number of hydrogen-bond acceptors (Lipinski definition) is 4. The number of rotatable bonds is 3. The smallest absolute Gasteiger partial charge is 0.305 e. The van der Waals surface area contributed by atoms with E-state index < -0.39 is 45.4 Å². The minimum Gasteiger partial charge on any atom is -0.305 e. The van der Waals surface area contributed by atoms with Gasteiger partial charge in [-0.15, -0.1) is 0 Å². The largest absolute Gasteiger partial charge is 0.326 e.